The smallest absolute Gasteiger partial charge is 0.408 e. The molecule has 3 aromatic rings. The molecule has 0 aromatic heterocycles. The molecule has 0 fully saturated rings. The second-order valence-corrected chi connectivity index (χ2v) is 8.95. The highest BCUT2D eigenvalue weighted by atomic mass is 16.5. The average molecular weight is 534 g/mol. The molecule has 0 aliphatic rings. The first-order valence-corrected chi connectivity index (χ1v) is 12.3. The van der Waals surface area contributed by atoms with Gasteiger partial charge < -0.3 is 30.9 Å². The number of hydrogen-bond acceptors (Lipinski definition) is 6. The maximum Gasteiger partial charge on any atom is 0.408 e. The predicted octanol–water partition coefficient (Wildman–Crippen LogP) is 2.55. The van der Waals surface area contributed by atoms with Crippen LogP contribution in [-0.4, -0.2) is 52.2 Å². The van der Waals surface area contributed by atoms with Crippen LogP contribution in [0.1, 0.15) is 23.6 Å². The summed E-state index contributed by atoms with van der Waals surface area (Å²) < 4.78 is 5.24. The van der Waals surface area contributed by atoms with E-state index in [-0.39, 0.29) is 25.2 Å². The third-order valence-electron chi connectivity index (χ3n) is 5.85. The monoisotopic (exact) mass is 533 g/mol. The van der Waals surface area contributed by atoms with E-state index in [9.17, 15) is 29.4 Å². The summed E-state index contributed by atoms with van der Waals surface area (Å²) >= 11 is 0. The first kappa shape index (κ1) is 28.7. The Labute approximate surface area is 226 Å². The molecule has 0 spiro atoms. The molecule has 0 aliphatic heterocycles. The van der Waals surface area contributed by atoms with Crippen molar-refractivity contribution in [1.29, 1.82) is 0 Å². The van der Waals surface area contributed by atoms with E-state index >= 15 is 0 Å². The van der Waals surface area contributed by atoms with Crippen LogP contribution in [0.25, 0.3) is 0 Å². The highest BCUT2D eigenvalue weighted by Gasteiger charge is 2.28. The molecule has 5 N–H and O–H groups in total. The molecule has 0 aliphatic carbocycles. The number of benzene rings is 3. The molecule has 0 saturated carbocycles. The van der Waals surface area contributed by atoms with Gasteiger partial charge in [-0.25, -0.2) is 9.59 Å². The molecule has 0 saturated heterocycles. The molecule has 204 valence electrons. The lowest BCUT2D eigenvalue weighted by Gasteiger charge is -2.22. The van der Waals surface area contributed by atoms with E-state index in [0.29, 0.717) is 5.56 Å². The maximum absolute atomic E-state index is 13.1. The van der Waals surface area contributed by atoms with Crippen molar-refractivity contribution in [2.45, 2.75) is 44.5 Å². The van der Waals surface area contributed by atoms with Crippen LogP contribution in [0.5, 0.6) is 5.75 Å². The molecule has 3 amide bonds. The normalized spacial score (nSPS) is 12.8. The number of ether oxygens (including phenoxy) is 1. The topological polar surface area (TPSA) is 154 Å². The van der Waals surface area contributed by atoms with Crippen LogP contribution in [0.2, 0.25) is 0 Å². The number of alkyl carbamates (subject to hydrolysis) is 1. The fourth-order valence-electron chi connectivity index (χ4n) is 3.71. The minimum absolute atomic E-state index is 0.00295. The summed E-state index contributed by atoms with van der Waals surface area (Å²) in [6.07, 6.45) is -0.711. The van der Waals surface area contributed by atoms with Crippen LogP contribution in [0.4, 0.5) is 4.79 Å². The number of aliphatic carboxylic acids is 1. The number of carbonyl (C=O) groups is 4. The number of phenolic OH excluding ortho intramolecular Hbond substituents is 1. The van der Waals surface area contributed by atoms with Crippen LogP contribution < -0.4 is 16.0 Å². The zero-order valence-electron chi connectivity index (χ0n) is 21.4. The molecule has 0 bridgehead atoms. The van der Waals surface area contributed by atoms with Crippen LogP contribution >= 0.6 is 0 Å². The lowest BCUT2D eigenvalue weighted by atomic mass is 10.0. The third kappa shape index (κ3) is 9.51. The molecular formula is C29H31N3O7. The number of aromatic hydroxyl groups is 1. The van der Waals surface area contributed by atoms with Gasteiger partial charge in [0.2, 0.25) is 11.8 Å². The van der Waals surface area contributed by atoms with Gasteiger partial charge in [-0.05, 0) is 35.7 Å². The summed E-state index contributed by atoms with van der Waals surface area (Å²) in [5, 5.41) is 26.6. The van der Waals surface area contributed by atoms with Crippen molar-refractivity contribution in [3.63, 3.8) is 0 Å². The Bertz CT molecular complexity index is 1250. The Hall–Kier alpha value is -4.86. The van der Waals surface area contributed by atoms with Crippen molar-refractivity contribution in [2.24, 2.45) is 0 Å². The Morgan fingerprint density at radius 1 is 0.692 bits per heavy atom. The molecule has 10 heteroatoms. The molecule has 0 heterocycles. The van der Waals surface area contributed by atoms with Crippen molar-refractivity contribution < 1.29 is 34.1 Å². The van der Waals surface area contributed by atoms with Gasteiger partial charge in [0.25, 0.3) is 0 Å². The molecule has 0 radical (unpaired) electrons. The Balaban J connectivity index is 1.64. The zero-order valence-corrected chi connectivity index (χ0v) is 21.4. The summed E-state index contributed by atoms with van der Waals surface area (Å²) in [5.74, 6) is -2.53. The summed E-state index contributed by atoms with van der Waals surface area (Å²) in [6, 6.07) is 20.6. The lowest BCUT2D eigenvalue weighted by Crippen LogP contribution is -2.55. The summed E-state index contributed by atoms with van der Waals surface area (Å²) in [6.45, 7) is 1.41. The highest BCUT2D eigenvalue weighted by Crippen LogP contribution is 2.12. The van der Waals surface area contributed by atoms with E-state index in [0.717, 1.165) is 11.1 Å². The number of carboxylic acids is 1. The van der Waals surface area contributed by atoms with Crippen LogP contribution in [-0.2, 0) is 38.6 Å². The third-order valence-corrected chi connectivity index (χ3v) is 5.85. The van der Waals surface area contributed by atoms with E-state index in [1.165, 1.54) is 19.1 Å². The SMILES string of the molecule is C[C@@H](NC(=O)[C@H](Cc1ccc(O)cc1)NC(=O)OCc1ccccc1)C(=O)N[C@@H](Cc1ccccc1)C(=O)O. The number of amides is 3. The minimum Gasteiger partial charge on any atom is -0.508 e. The maximum atomic E-state index is 13.1. The van der Waals surface area contributed by atoms with Gasteiger partial charge >= 0.3 is 12.1 Å². The number of phenols is 1. The van der Waals surface area contributed by atoms with Crippen molar-refractivity contribution in [3.8, 4) is 5.75 Å². The van der Waals surface area contributed by atoms with Crippen molar-refractivity contribution in [1.82, 2.24) is 16.0 Å². The standard InChI is InChI=1S/C29H31N3O7/c1-19(26(34)31-25(28(36)37)17-20-8-4-2-5-9-20)30-27(35)24(16-21-12-14-23(33)15-13-21)32-29(38)39-18-22-10-6-3-7-11-22/h2-15,19,24-25,33H,16-18H2,1H3,(H,30,35)(H,31,34)(H,32,38)(H,36,37)/t19-,24+,25+/m1/s1. The fourth-order valence-corrected chi connectivity index (χ4v) is 3.71. The molecule has 0 unspecified atom stereocenters. The first-order chi connectivity index (χ1) is 18.7. The fraction of sp³-hybridized carbons (Fsp3) is 0.241. The van der Waals surface area contributed by atoms with Crippen molar-refractivity contribution >= 4 is 23.9 Å². The summed E-state index contributed by atoms with van der Waals surface area (Å²) in [4.78, 5) is 50.1. The van der Waals surface area contributed by atoms with Gasteiger partial charge in [-0.3, -0.25) is 9.59 Å². The quantitative estimate of drug-likeness (QED) is 0.240. The van der Waals surface area contributed by atoms with Gasteiger partial charge in [0.15, 0.2) is 0 Å². The first-order valence-electron chi connectivity index (χ1n) is 12.3. The van der Waals surface area contributed by atoms with E-state index in [4.69, 9.17) is 4.74 Å². The van der Waals surface area contributed by atoms with Gasteiger partial charge in [0, 0.05) is 12.8 Å². The second kappa shape index (κ2) is 14.2. The molecule has 39 heavy (non-hydrogen) atoms. The number of rotatable bonds is 12. The van der Waals surface area contributed by atoms with Gasteiger partial charge in [-0.1, -0.05) is 72.8 Å². The molecular weight excluding hydrogens is 502 g/mol. The molecule has 3 aromatic carbocycles. The largest absolute Gasteiger partial charge is 0.508 e. The summed E-state index contributed by atoms with van der Waals surface area (Å²) in [5.41, 5.74) is 2.14. The molecule has 3 rings (SSSR count). The highest BCUT2D eigenvalue weighted by molar-refractivity contribution is 5.92. The van der Waals surface area contributed by atoms with Gasteiger partial charge in [-0.2, -0.15) is 0 Å². The number of hydrogen-bond donors (Lipinski definition) is 5. The van der Waals surface area contributed by atoms with E-state index < -0.39 is 42.0 Å². The van der Waals surface area contributed by atoms with Crippen LogP contribution in [0.15, 0.2) is 84.9 Å². The Morgan fingerprint density at radius 2 is 1.23 bits per heavy atom. The lowest BCUT2D eigenvalue weighted by molar-refractivity contribution is -0.142. The summed E-state index contributed by atoms with van der Waals surface area (Å²) in [7, 11) is 0. The van der Waals surface area contributed by atoms with E-state index in [1.54, 1.807) is 66.7 Å². The zero-order chi connectivity index (χ0) is 28.2. The average Bonchev–Trinajstić information content (AvgIpc) is 2.93. The van der Waals surface area contributed by atoms with Gasteiger partial charge in [0.05, 0.1) is 0 Å². The minimum atomic E-state index is -1.21. The van der Waals surface area contributed by atoms with E-state index in [2.05, 4.69) is 16.0 Å². The number of carboxylic acid groups (broad SMARTS) is 1. The van der Waals surface area contributed by atoms with Crippen molar-refractivity contribution in [2.75, 3.05) is 0 Å². The molecule has 3 atom stereocenters. The van der Waals surface area contributed by atoms with Gasteiger partial charge in [-0.15, -0.1) is 0 Å². The van der Waals surface area contributed by atoms with Crippen LogP contribution in [0.3, 0.4) is 0 Å². The number of nitrogens with one attached hydrogen (secondary N) is 3. The molecule has 10 nitrogen and oxygen atoms in total. The number of carbonyl (C=O) groups excluding carboxylic acids is 3. The predicted molar refractivity (Wildman–Crippen MR) is 143 cm³/mol. The Kier molecular flexibility index (Phi) is 10.4. The van der Waals surface area contributed by atoms with Crippen molar-refractivity contribution in [3.05, 3.63) is 102 Å². The van der Waals surface area contributed by atoms with E-state index in [1.807, 2.05) is 6.07 Å². The Morgan fingerprint density at radius 3 is 1.82 bits per heavy atom. The second-order valence-electron chi connectivity index (χ2n) is 8.95. The van der Waals surface area contributed by atoms with Crippen LogP contribution in [0, 0.1) is 0 Å². The van der Waals surface area contributed by atoms with Gasteiger partial charge in [0.1, 0.15) is 30.5 Å².